The molecule has 0 saturated carbocycles. The lowest BCUT2D eigenvalue weighted by molar-refractivity contribution is -0.172. The summed E-state index contributed by atoms with van der Waals surface area (Å²) in [6, 6.07) is 0. The van der Waals surface area contributed by atoms with Gasteiger partial charge in [0.25, 0.3) is 0 Å². The molecule has 0 aliphatic rings. The monoisotopic (exact) mass is 234 g/mol. The molecule has 0 radical (unpaired) electrons. The van der Waals surface area contributed by atoms with E-state index in [0.29, 0.717) is 0 Å². The summed E-state index contributed by atoms with van der Waals surface area (Å²) >= 11 is 0. The lowest BCUT2D eigenvalue weighted by Crippen LogP contribution is -2.27. The average Bonchev–Trinajstić information content (AvgIpc) is 1.94. The summed E-state index contributed by atoms with van der Waals surface area (Å²) in [7, 11) is 0. The van der Waals surface area contributed by atoms with Crippen LogP contribution in [0.2, 0.25) is 0 Å². The second kappa shape index (κ2) is 4.45. The Morgan fingerprint density at radius 3 is 1.40 bits per heavy atom. The molecule has 1 atom stereocenters. The van der Waals surface area contributed by atoms with Crippen molar-refractivity contribution >= 4 is 0 Å². The van der Waals surface area contributed by atoms with E-state index in [9.17, 15) is 26.3 Å². The highest BCUT2D eigenvalue weighted by molar-refractivity contribution is 5.16. The van der Waals surface area contributed by atoms with Gasteiger partial charge in [0, 0.05) is 0 Å². The zero-order valence-corrected chi connectivity index (χ0v) is 8.50. The quantitative estimate of drug-likeness (QED) is 0.492. The molecule has 0 heterocycles. The van der Waals surface area contributed by atoms with Gasteiger partial charge in [0.05, 0.1) is 0 Å². The Bertz CT molecular complexity index is 216. The van der Waals surface area contributed by atoms with Crippen molar-refractivity contribution in [3.05, 3.63) is 11.6 Å². The largest absolute Gasteiger partial charge is 0.421 e. The molecule has 0 aromatic rings. The summed E-state index contributed by atoms with van der Waals surface area (Å²) in [6.07, 6.45) is -10.5. The van der Waals surface area contributed by atoms with E-state index in [1.54, 1.807) is 13.8 Å². The molecule has 15 heavy (non-hydrogen) atoms. The predicted octanol–water partition coefficient (Wildman–Crippen LogP) is 4.33. The van der Waals surface area contributed by atoms with E-state index in [0.717, 1.165) is 0 Å². The first-order valence-corrected chi connectivity index (χ1v) is 4.32. The fourth-order valence-electron chi connectivity index (χ4n) is 0.805. The third-order valence-corrected chi connectivity index (χ3v) is 2.09. The molecule has 0 spiro atoms. The Kier molecular flexibility index (Phi) is 4.25. The highest BCUT2D eigenvalue weighted by Gasteiger charge is 2.50. The Balaban J connectivity index is 5.14. The summed E-state index contributed by atoms with van der Waals surface area (Å²) < 4.78 is 72.3. The van der Waals surface area contributed by atoms with Gasteiger partial charge in [-0.2, -0.15) is 26.3 Å². The number of alkyl halides is 6. The number of allylic oxidation sites excluding steroid dienone is 2. The van der Waals surface area contributed by atoms with Gasteiger partial charge in [-0.1, -0.05) is 26.8 Å². The van der Waals surface area contributed by atoms with E-state index in [4.69, 9.17) is 0 Å². The minimum Gasteiger partial charge on any atom is -0.166 e. The highest BCUT2D eigenvalue weighted by Crippen LogP contribution is 2.39. The van der Waals surface area contributed by atoms with Crippen LogP contribution in [0.1, 0.15) is 20.8 Å². The molecule has 0 aliphatic carbocycles. The molecule has 0 N–H and O–H groups in total. The van der Waals surface area contributed by atoms with E-state index >= 15 is 0 Å². The molecule has 0 saturated heterocycles. The van der Waals surface area contributed by atoms with Crippen LogP contribution in [0.5, 0.6) is 0 Å². The van der Waals surface area contributed by atoms with Crippen LogP contribution in [0.15, 0.2) is 11.6 Å². The molecule has 0 aromatic heterocycles. The first kappa shape index (κ1) is 14.3. The first-order valence-electron chi connectivity index (χ1n) is 4.32. The molecule has 90 valence electrons. The molecule has 0 amide bonds. The fourth-order valence-corrected chi connectivity index (χ4v) is 0.805. The average molecular weight is 234 g/mol. The van der Waals surface area contributed by atoms with Gasteiger partial charge in [-0.15, -0.1) is 0 Å². The maximum atomic E-state index is 12.1. The molecule has 0 fully saturated rings. The van der Waals surface area contributed by atoms with E-state index in [-0.39, 0.29) is 12.0 Å². The molecule has 0 bridgehead atoms. The fraction of sp³-hybridized carbons (Fsp3) is 0.778. The van der Waals surface area contributed by atoms with E-state index < -0.39 is 23.8 Å². The lowest BCUT2D eigenvalue weighted by atomic mass is 9.95. The summed E-state index contributed by atoms with van der Waals surface area (Å²) in [5, 5.41) is 0. The van der Waals surface area contributed by atoms with Crippen molar-refractivity contribution < 1.29 is 26.3 Å². The van der Waals surface area contributed by atoms with Gasteiger partial charge in [0.15, 0.2) is 0 Å². The summed E-state index contributed by atoms with van der Waals surface area (Å²) in [5.41, 5.74) is -2.42. The minimum absolute atomic E-state index is 0.241. The standard InChI is InChI=1S/C9H12F6/c1-5(2)6(3)4-7(8(10,11)12)9(13,14)15/h4-6H,1-3H3. The normalized spacial score (nSPS) is 15.3. The van der Waals surface area contributed by atoms with E-state index in [1.807, 2.05) is 0 Å². The van der Waals surface area contributed by atoms with Crippen LogP contribution in [0, 0.1) is 11.8 Å². The van der Waals surface area contributed by atoms with Crippen LogP contribution >= 0.6 is 0 Å². The molecular formula is C9H12F6. The number of rotatable bonds is 2. The molecule has 0 aromatic carbocycles. The second-order valence-electron chi connectivity index (χ2n) is 3.68. The van der Waals surface area contributed by atoms with Crippen LogP contribution in [0.25, 0.3) is 0 Å². The Morgan fingerprint density at radius 2 is 1.20 bits per heavy atom. The van der Waals surface area contributed by atoms with Crippen molar-refractivity contribution in [2.24, 2.45) is 11.8 Å². The smallest absolute Gasteiger partial charge is 0.166 e. The predicted molar refractivity (Wildman–Crippen MR) is 44.2 cm³/mol. The van der Waals surface area contributed by atoms with Gasteiger partial charge < -0.3 is 0 Å². The maximum absolute atomic E-state index is 12.1. The molecule has 0 nitrogen and oxygen atoms in total. The SMILES string of the molecule is CC(C)C(C)C=C(C(F)(F)F)C(F)(F)F. The van der Waals surface area contributed by atoms with Crippen LogP contribution in [0.4, 0.5) is 26.3 Å². The van der Waals surface area contributed by atoms with E-state index in [1.165, 1.54) is 6.92 Å². The van der Waals surface area contributed by atoms with E-state index in [2.05, 4.69) is 0 Å². The molecule has 6 heteroatoms. The summed E-state index contributed by atoms with van der Waals surface area (Å²) in [4.78, 5) is 0. The van der Waals surface area contributed by atoms with Crippen LogP contribution in [0.3, 0.4) is 0 Å². The number of halogens is 6. The second-order valence-corrected chi connectivity index (χ2v) is 3.68. The number of hydrogen-bond donors (Lipinski definition) is 0. The molecular weight excluding hydrogens is 222 g/mol. The third-order valence-electron chi connectivity index (χ3n) is 2.09. The zero-order valence-electron chi connectivity index (χ0n) is 8.50. The highest BCUT2D eigenvalue weighted by atomic mass is 19.4. The molecule has 0 rings (SSSR count). The topological polar surface area (TPSA) is 0 Å². The lowest BCUT2D eigenvalue weighted by Gasteiger charge is -2.18. The van der Waals surface area contributed by atoms with Gasteiger partial charge in [-0.3, -0.25) is 0 Å². The minimum atomic E-state index is -5.35. The zero-order chi connectivity index (χ0) is 12.4. The van der Waals surface area contributed by atoms with Crippen LogP contribution < -0.4 is 0 Å². The molecule has 0 aliphatic heterocycles. The molecule has 1 unspecified atom stereocenters. The van der Waals surface area contributed by atoms with Crippen molar-refractivity contribution in [2.45, 2.75) is 33.1 Å². The first-order chi connectivity index (χ1) is 6.46. The van der Waals surface area contributed by atoms with Gasteiger partial charge in [0.1, 0.15) is 5.57 Å². The van der Waals surface area contributed by atoms with Crippen molar-refractivity contribution in [1.29, 1.82) is 0 Å². The van der Waals surface area contributed by atoms with Crippen molar-refractivity contribution in [1.82, 2.24) is 0 Å². The summed E-state index contributed by atoms with van der Waals surface area (Å²) in [6.45, 7) is 4.44. The maximum Gasteiger partial charge on any atom is 0.421 e. The van der Waals surface area contributed by atoms with Crippen molar-refractivity contribution in [2.75, 3.05) is 0 Å². The van der Waals surface area contributed by atoms with Crippen molar-refractivity contribution in [3.8, 4) is 0 Å². The Hall–Kier alpha value is -0.680. The summed E-state index contributed by atoms with van der Waals surface area (Å²) in [5.74, 6) is -1.05. The number of hydrogen-bond acceptors (Lipinski definition) is 0. The van der Waals surface area contributed by atoms with Crippen LogP contribution in [-0.2, 0) is 0 Å². The van der Waals surface area contributed by atoms with Crippen LogP contribution in [-0.4, -0.2) is 12.4 Å². The van der Waals surface area contributed by atoms with Gasteiger partial charge in [-0.25, -0.2) is 0 Å². The Morgan fingerprint density at radius 1 is 0.867 bits per heavy atom. The van der Waals surface area contributed by atoms with Gasteiger partial charge in [-0.05, 0) is 11.8 Å². The van der Waals surface area contributed by atoms with Gasteiger partial charge in [0.2, 0.25) is 0 Å². The Labute approximate surface area is 84.0 Å². The van der Waals surface area contributed by atoms with Crippen molar-refractivity contribution in [3.63, 3.8) is 0 Å². The van der Waals surface area contributed by atoms with Gasteiger partial charge >= 0.3 is 12.4 Å². The third kappa shape index (κ3) is 4.57.